The second kappa shape index (κ2) is 6.13. The molecule has 1 aromatic heterocycles. The first-order valence-corrected chi connectivity index (χ1v) is 7.53. The normalized spacial score (nSPS) is 20.0. The van der Waals surface area contributed by atoms with Crippen molar-refractivity contribution in [2.45, 2.75) is 19.3 Å². The summed E-state index contributed by atoms with van der Waals surface area (Å²) in [4.78, 5) is 12.6. The molecule has 0 bridgehead atoms. The van der Waals surface area contributed by atoms with Crippen molar-refractivity contribution in [3.63, 3.8) is 0 Å². The predicted molar refractivity (Wildman–Crippen MR) is 86.1 cm³/mol. The number of ether oxygens (including phenoxy) is 1. The second-order valence-electron chi connectivity index (χ2n) is 5.76. The zero-order valence-electron chi connectivity index (χ0n) is 13.1. The quantitative estimate of drug-likeness (QED) is 0.472. The fraction of sp³-hybridized carbons (Fsp3) is 0.263. The maximum absolute atomic E-state index is 12.6. The van der Waals surface area contributed by atoms with Crippen LogP contribution in [0.3, 0.4) is 0 Å². The minimum atomic E-state index is -0.373. The summed E-state index contributed by atoms with van der Waals surface area (Å²) in [5.41, 5.74) is 0.393. The SMILES string of the molecule is COc1ccccc1C(=O)/C(C#N)=C/c1ccc([C@@H]2C[C@H]2C)o1. The first-order chi connectivity index (χ1) is 11.1. The van der Waals surface area contributed by atoms with Gasteiger partial charge in [0.25, 0.3) is 0 Å². The van der Waals surface area contributed by atoms with Crippen LogP contribution in [-0.4, -0.2) is 12.9 Å². The van der Waals surface area contributed by atoms with E-state index in [1.807, 2.05) is 12.1 Å². The lowest BCUT2D eigenvalue weighted by Gasteiger charge is -2.05. The molecule has 1 aromatic carbocycles. The Labute approximate surface area is 135 Å². The number of para-hydroxylation sites is 1. The van der Waals surface area contributed by atoms with Gasteiger partial charge in [-0.1, -0.05) is 19.1 Å². The molecule has 0 N–H and O–H groups in total. The van der Waals surface area contributed by atoms with Gasteiger partial charge in [-0.3, -0.25) is 4.79 Å². The number of nitrogens with zero attached hydrogens (tertiary/aromatic N) is 1. The van der Waals surface area contributed by atoms with E-state index in [9.17, 15) is 10.1 Å². The average Bonchev–Trinajstić information content (AvgIpc) is 3.13. The van der Waals surface area contributed by atoms with E-state index in [2.05, 4.69) is 6.92 Å². The highest BCUT2D eigenvalue weighted by Crippen LogP contribution is 2.47. The van der Waals surface area contributed by atoms with Gasteiger partial charge in [0.05, 0.1) is 12.7 Å². The molecule has 4 nitrogen and oxygen atoms in total. The van der Waals surface area contributed by atoms with Gasteiger partial charge in [0.2, 0.25) is 5.78 Å². The zero-order chi connectivity index (χ0) is 16.4. The number of carbonyl (C=O) groups excluding carboxylic acids is 1. The van der Waals surface area contributed by atoms with Gasteiger partial charge in [-0.05, 0) is 36.6 Å². The van der Waals surface area contributed by atoms with Gasteiger partial charge in [0.1, 0.15) is 28.9 Å². The monoisotopic (exact) mass is 307 g/mol. The van der Waals surface area contributed by atoms with Crippen molar-refractivity contribution in [2.75, 3.05) is 7.11 Å². The summed E-state index contributed by atoms with van der Waals surface area (Å²) in [6.45, 7) is 2.18. The highest BCUT2D eigenvalue weighted by atomic mass is 16.5. The van der Waals surface area contributed by atoms with E-state index in [4.69, 9.17) is 9.15 Å². The van der Waals surface area contributed by atoms with E-state index in [0.29, 0.717) is 28.9 Å². The van der Waals surface area contributed by atoms with Crippen molar-refractivity contribution in [3.05, 3.63) is 59.1 Å². The molecule has 4 heteroatoms. The number of Topliss-reactive ketones (excluding diaryl/α,β-unsaturated/α-hetero) is 1. The summed E-state index contributed by atoms with van der Waals surface area (Å²) in [5, 5.41) is 9.33. The summed E-state index contributed by atoms with van der Waals surface area (Å²) in [6, 6.07) is 12.5. The number of nitriles is 1. The molecule has 3 rings (SSSR count). The van der Waals surface area contributed by atoms with Crippen LogP contribution in [0.15, 0.2) is 46.4 Å². The van der Waals surface area contributed by atoms with Crippen LogP contribution in [0.4, 0.5) is 0 Å². The number of furan rings is 1. The fourth-order valence-electron chi connectivity index (χ4n) is 2.63. The lowest BCUT2D eigenvalue weighted by Crippen LogP contribution is -2.04. The maximum atomic E-state index is 12.6. The number of allylic oxidation sites excluding steroid dienone is 1. The molecule has 116 valence electrons. The Morgan fingerprint density at radius 2 is 2.09 bits per heavy atom. The minimum absolute atomic E-state index is 0.0271. The molecule has 0 saturated heterocycles. The summed E-state index contributed by atoms with van der Waals surface area (Å²) < 4.78 is 10.9. The van der Waals surface area contributed by atoms with Crippen LogP contribution in [0.2, 0.25) is 0 Å². The van der Waals surface area contributed by atoms with Crippen molar-refractivity contribution in [1.82, 2.24) is 0 Å². The number of carbonyl (C=O) groups is 1. The van der Waals surface area contributed by atoms with E-state index in [0.717, 1.165) is 12.2 Å². The summed E-state index contributed by atoms with van der Waals surface area (Å²) in [7, 11) is 1.50. The maximum Gasteiger partial charge on any atom is 0.207 e. The molecule has 1 aliphatic carbocycles. The third kappa shape index (κ3) is 3.04. The smallest absolute Gasteiger partial charge is 0.207 e. The molecular formula is C19H17NO3. The highest BCUT2D eigenvalue weighted by molar-refractivity contribution is 6.15. The lowest BCUT2D eigenvalue weighted by atomic mass is 10.0. The Morgan fingerprint density at radius 1 is 1.35 bits per heavy atom. The molecule has 2 aromatic rings. The largest absolute Gasteiger partial charge is 0.496 e. The standard InChI is InChI=1S/C19H17NO3/c1-12-9-16(12)18-8-7-14(23-18)10-13(11-20)19(21)15-5-3-4-6-17(15)22-2/h3-8,10,12,16H,9H2,1-2H3/b13-10+/t12-,16-/m1/s1. The van der Waals surface area contributed by atoms with Crippen molar-refractivity contribution in [2.24, 2.45) is 5.92 Å². The predicted octanol–water partition coefficient (Wildman–Crippen LogP) is 4.20. The Hall–Kier alpha value is -2.80. The van der Waals surface area contributed by atoms with Gasteiger partial charge < -0.3 is 9.15 Å². The van der Waals surface area contributed by atoms with Gasteiger partial charge >= 0.3 is 0 Å². The van der Waals surface area contributed by atoms with Crippen LogP contribution in [0, 0.1) is 17.2 Å². The van der Waals surface area contributed by atoms with Gasteiger partial charge in [0, 0.05) is 12.0 Å². The van der Waals surface area contributed by atoms with E-state index in [-0.39, 0.29) is 11.4 Å². The first kappa shape index (κ1) is 15.1. The van der Waals surface area contributed by atoms with Crippen molar-refractivity contribution in [3.8, 4) is 11.8 Å². The molecule has 1 heterocycles. The molecule has 2 atom stereocenters. The van der Waals surface area contributed by atoms with Gasteiger partial charge in [-0.2, -0.15) is 5.26 Å². The Morgan fingerprint density at radius 3 is 2.74 bits per heavy atom. The Balaban J connectivity index is 1.88. The average molecular weight is 307 g/mol. The van der Waals surface area contributed by atoms with E-state index in [1.165, 1.54) is 13.2 Å². The van der Waals surface area contributed by atoms with Crippen molar-refractivity contribution >= 4 is 11.9 Å². The third-order valence-corrected chi connectivity index (χ3v) is 4.13. The molecule has 1 saturated carbocycles. The first-order valence-electron chi connectivity index (χ1n) is 7.53. The second-order valence-corrected chi connectivity index (χ2v) is 5.76. The van der Waals surface area contributed by atoms with Crippen LogP contribution in [0.25, 0.3) is 6.08 Å². The number of benzene rings is 1. The van der Waals surface area contributed by atoms with E-state index < -0.39 is 0 Å². The van der Waals surface area contributed by atoms with Gasteiger partial charge in [-0.25, -0.2) is 0 Å². The number of hydrogen-bond donors (Lipinski definition) is 0. The number of rotatable bonds is 5. The summed E-state index contributed by atoms with van der Waals surface area (Å²) in [5.74, 6) is 2.63. The van der Waals surface area contributed by atoms with Crippen LogP contribution >= 0.6 is 0 Å². The third-order valence-electron chi connectivity index (χ3n) is 4.13. The Kier molecular flexibility index (Phi) is 4.03. The zero-order valence-corrected chi connectivity index (χ0v) is 13.1. The molecule has 23 heavy (non-hydrogen) atoms. The fourth-order valence-corrected chi connectivity index (χ4v) is 2.63. The number of hydrogen-bond acceptors (Lipinski definition) is 4. The molecule has 1 fully saturated rings. The van der Waals surface area contributed by atoms with Crippen LogP contribution in [0.1, 0.15) is 41.1 Å². The summed E-state index contributed by atoms with van der Waals surface area (Å²) >= 11 is 0. The molecule has 0 unspecified atom stereocenters. The molecule has 1 aliphatic rings. The topological polar surface area (TPSA) is 63.2 Å². The minimum Gasteiger partial charge on any atom is -0.496 e. The van der Waals surface area contributed by atoms with Crippen molar-refractivity contribution < 1.29 is 13.9 Å². The van der Waals surface area contributed by atoms with Crippen LogP contribution < -0.4 is 4.74 Å². The van der Waals surface area contributed by atoms with E-state index in [1.54, 1.807) is 30.3 Å². The lowest BCUT2D eigenvalue weighted by molar-refractivity contribution is 0.103. The number of methoxy groups -OCH3 is 1. The van der Waals surface area contributed by atoms with E-state index >= 15 is 0 Å². The Bertz CT molecular complexity index is 810. The number of ketones is 1. The molecule has 0 amide bonds. The summed E-state index contributed by atoms with van der Waals surface area (Å²) in [6.07, 6.45) is 2.62. The van der Waals surface area contributed by atoms with Crippen molar-refractivity contribution in [1.29, 1.82) is 5.26 Å². The van der Waals surface area contributed by atoms with Crippen LogP contribution in [-0.2, 0) is 0 Å². The van der Waals surface area contributed by atoms with Gasteiger partial charge in [0.15, 0.2) is 0 Å². The van der Waals surface area contributed by atoms with Crippen LogP contribution in [0.5, 0.6) is 5.75 Å². The molecule has 0 aliphatic heterocycles. The molecule has 0 spiro atoms. The molecular weight excluding hydrogens is 290 g/mol. The highest BCUT2D eigenvalue weighted by Gasteiger charge is 2.36. The van der Waals surface area contributed by atoms with Gasteiger partial charge in [-0.15, -0.1) is 0 Å². The molecule has 0 radical (unpaired) electrons.